The van der Waals surface area contributed by atoms with Gasteiger partial charge in [-0.3, -0.25) is 0 Å². The summed E-state index contributed by atoms with van der Waals surface area (Å²) in [5, 5.41) is 13.8. The van der Waals surface area contributed by atoms with Gasteiger partial charge in [-0.25, -0.2) is 4.79 Å². The van der Waals surface area contributed by atoms with Crippen LogP contribution in [0.2, 0.25) is 0 Å². The zero-order chi connectivity index (χ0) is 16.4. The zero-order valence-corrected chi connectivity index (χ0v) is 14.7. The molecule has 0 bridgehead atoms. The van der Waals surface area contributed by atoms with Crippen molar-refractivity contribution in [2.45, 2.75) is 56.4 Å². The second-order valence-electron chi connectivity index (χ2n) is 6.54. The standard InChI is InChI=1S/C18H26N2O2S/c1-3-23-13-8-7-12(11-13)20(2)18(22)19-16-10-9-15-14(16)5-4-6-17(15)21/h4-6,12-13,16,21H,3,7-11H2,1-2H3,(H,19,22). The van der Waals surface area contributed by atoms with E-state index in [1.54, 1.807) is 6.07 Å². The molecule has 4 nitrogen and oxygen atoms in total. The second kappa shape index (κ2) is 7.04. The molecule has 0 heterocycles. The average Bonchev–Trinajstić information content (AvgIpc) is 3.15. The fourth-order valence-corrected chi connectivity index (χ4v) is 4.99. The van der Waals surface area contributed by atoms with E-state index in [1.807, 2.05) is 35.8 Å². The first-order valence-electron chi connectivity index (χ1n) is 8.55. The monoisotopic (exact) mass is 334 g/mol. The lowest BCUT2D eigenvalue weighted by atomic mass is 10.1. The van der Waals surface area contributed by atoms with Crippen molar-refractivity contribution in [3.8, 4) is 5.75 Å². The number of thioether (sulfide) groups is 1. The Kier molecular flexibility index (Phi) is 5.05. The van der Waals surface area contributed by atoms with Gasteiger partial charge in [-0.15, -0.1) is 0 Å². The Morgan fingerprint density at radius 3 is 3.00 bits per heavy atom. The van der Waals surface area contributed by atoms with Crippen LogP contribution in [0.5, 0.6) is 5.75 Å². The number of hydrogen-bond donors (Lipinski definition) is 2. The molecule has 3 unspecified atom stereocenters. The van der Waals surface area contributed by atoms with Gasteiger partial charge >= 0.3 is 6.03 Å². The van der Waals surface area contributed by atoms with E-state index < -0.39 is 0 Å². The Balaban J connectivity index is 1.59. The van der Waals surface area contributed by atoms with E-state index in [-0.39, 0.29) is 12.1 Å². The lowest BCUT2D eigenvalue weighted by molar-refractivity contribution is 0.187. The van der Waals surface area contributed by atoms with Gasteiger partial charge in [-0.05, 0) is 55.1 Å². The van der Waals surface area contributed by atoms with Crippen LogP contribution in [0.4, 0.5) is 4.79 Å². The molecule has 1 aromatic carbocycles. The smallest absolute Gasteiger partial charge is 0.317 e. The Bertz CT molecular complexity index is 578. The molecule has 1 aromatic rings. The van der Waals surface area contributed by atoms with Crippen LogP contribution in [-0.4, -0.2) is 40.1 Å². The first kappa shape index (κ1) is 16.5. The maximum atomic E-state index is 12.6. The highest BCUT2D eigenvalue weighted by atomic mass is 32.2. The van der Waals surface area contributed by atoms with Gasteiger partial charge in [0.1, 0.15) is 5.75 Å². The number of nitrogens with zero attached hydrogens (tertiary/aromatic N) is 1. The van der Waals surface area contributed by atoms with Crippen molar-refractivity contribution in [3.63, 3.8) is 0 Å². The third-order valence-electron chi connectivity index (χ3n) is 5.17. The SMILES string of the molecule is CCSC1CCC(N(C)C(=O)NC2CCc3c(O)cccc32)C1. The number of hydrogen-bond acceptors (Lipinski definition) is 3. The summed E-state index contributed by atoms with van der Waals surface area (Å²) in [4.78, 5) is 14.5. The van der Waals surface area contributed by atoms with E-state index in [0.29, 0.717) is 17.0 Å². The molecule has 0 aliphatic heterocycles. The number of aromatic hydroxyl groups is 1. The predicted octanol–water partition coefficient (Wildman–Crippen LogP) is 3.70. The summed E-state index contributed by atoms with van der Waals surface area (Å²) < 4.78 is 0. The molecule has 126 valence electrons. The van der Waals surface area contributed by atoms with Gasteiger partial charge in [-0.1, -0.05) is 19.1 Å². The van der Waals surface area contributed by atoms with Crippen molar-refractivity contribution < 1.29 is 9.90 Å². The first-order valence-corrected chi connectivity index (χ1v) is 9.60. The molecule has 23 heavy (non-hydrogen) atoms. The minimum Gasteiger partial charge on any atom is -0.508 e. The molecule has 0 saturated heterocycles. The molecule has 1 saturated carbocycles. The lowest BCUT2D eigenvalue weighted by Gasteiger charge is -2.27. The summed E-state index contributed by atoms with van der Waals surface area (Å²) in [6, 6.07) is 5.97. The molecule has 0 radical (unpaired) electrons. The van der Waals surface area contributed by atoms with E-state index in [2.05, 4.69) is 12.2 Å². The molecule has 1 fully saturated rings. The molecule has 3 atom stereocenters. The maximum Gasteiger partial charge on any atom is 0.317 e. The van der Waals surface area contributed by atoms with Gasteiger partial charge in [0.25, 0.3) is 0 Å². The number of carbonyl (C=O) groups is 1. The Labute approximate surface area is 142 Å². The van der Waals surface area contributed by atoms with Crippen LogP contribution in [0, 0.1) is 0 Å². The number of carbonyl (C=O) groups excluding carboxylic acids is 1. The molecule has 5 heteroatoms. The van der Waals surface area contributed by atoms with Gasteiger partial charge in [0.15, 0.2) is 0 Å². The number of rotatable bonds is 4. The van der Waals surface area contributed by atoms with E-state index in [1.165, 1.54) is 6.42 Å². The topological polar surface area (TPSA) is 52.6 Å². The molecule has 2 N–H and O–H groups in total. The number of phenols is 1. The summed E-state index contributed by atoms with van der Waals surface area (Å²) in [7, 11) is 1.91. The van der Waals surface area contributed by atoms with Gasteiger partial charge in [-0.2, -0.15) is 11.8 Å². The lowest BCUT2D eigenvalue weighted by Crippen LogP contribution is -2.43. The molecule has 0 aromatic heterocycles. The quantitative estimate of drug-likeness (QED) is 0.883. The Hall–Kier alpha value is -1.36. The Morgan fingerprint density at radius 2 is 2.22 bits per heavy atom. The van der Waals surface area contributed by atoms with Crippen LogP contribution in [0.3, 0.4) is 0 Å². The van der Waals surface area contributed by atoms with E-state index in [4.69, 9.17) is 0 Å². The van der Waals surface area contributed by atoms with Crippen LogP contribution >= 0.6 is 11.8 Å². The number of fused-ring (bicyclic) bond motifs is 1. The van der Waals surface area contributed by atoms with Crippen molar-refractivity contribution in [2.75, 3.05) is 12.8 Å². The average molecular weight is 334 g/mol. The van der Waals surface area contributed by atoms with Gasteiger partial charge in [0, 0.05) is 18.3 Å². The fourth-order valence-electron chi connectivity index (χ4n) is 3.86. The van der Waals surface area contributed by atoms with E-state index in [9.17, 15) is 9.90 Å². The zero-order valence-electron chi connectivity index (χ0n) is 13.9. The molecular formula is C18H26N2O2S. The van der Waals surface area contributed by atoms with E-state index in [0.717, 1.165) is 42.6 Å². The van der Waals surface area contributed by atoms with Crippen molar-refractivity contribution in [2.24, 2.45) is 0 Å². The summed E-state index contributed by atoms with van der Waals surface area (Å²) in [6.45, 7) is 2.20. The third kappa shape index (κ3) is 3.44. The maximum absolute atomic E-state index is 12.6. The molecule has 3 rings (SSSR count). The van der Waals surface area contributed by atoms with Crippen molar-refractivity contribution in [3.05, 3.63) is 29.3 Å². The molecule has 2 amide bonds. The predicted molar refractivity (Wildman–Crippen MR) is 95.0 cm³/mol. The van der Waals surface area contributed by atoms with Gasteiger partial charge in [0.05, 0.1) is 6.04 Å². The third-order valence-corrected chi connectivity index (χ3v) is 6.40. The largest absolute Gasteiger partial charge is 0.508 e. The van der Waals surface area contributed by atoms with Crippen molar-refractivity contribution >= 4 is 17.8 Å². The minimum absolute atomic E-state index is 0.0124. The highest BCUT2D eigenvalue weighted by Gasteiger charge is 2.32. The summed E-state index contributed by atoms with van der Waals surface area (Å²) in [6.07, 6.45) is 5.11. The fraction of sp³-hybridized carbons (Fsp3) is 0.611. The number of urea groups is 1. The van der Waals surface area contributed by atoms with Gasteiger partial charge < -0.3 is 15.3 Å². The van der Waals surface area contributed by atoms with Gasteiger partial charge in [0.2, 0.25) is 0 Å². The molecule has 2 aliphatic carbocycles. The highest BCUT2D eigenvalue weighted by molar-refractivity contribution is 7.99. The number of phenolic OH excluding ortho intramolecular Hbond substituents is 1. The van der Waals surface area contributed by atoms with Crippen molar-refractivity contribution in [1.29, 1.82) is 0 Å². The number of benzene rings is 1. The van der Waals surface area contributed by atoms with E-state index >= 15 is 0 Å². The minimum atomic E-state index is 0.0124. The van der Waals surface area contributed by atoms with Crippen LogP contribution < -0.4 is 5.32 Å². The number of amides is 2. The molecule has 2 aliphatic rings. The van der Waals surface area contributed by atoms with Crippen LogP contribution in [0.1, 0.15) is 49.8 Å². The van der Waals surface area contributed by atoms with Crippen LogP contribution in [0.25, 0.3) is 0 Å². The normalized spacial score (nSPS) is 26.1. The van der Waals surface area contributed by atoms with Crippen molar-refractivity contribution in [1.82, 2.24) is 10.2 Å². The summed E-state index contributed by atoms with van der Waals surface area (Å²) in [5.74, 6) is 1.50. The highest BCUT2D eigenvalue weighted by Crippen LogP contribution is 2.37. The molecular weight excluding hydrogens is 308 g/mol. The summed E-state index contributed by atoms with van der Waals surface area (Å²) >= 11 is 2.01. The van der Waals surface area contributed by atoms with Crippen LogP contribution in [0.15, 0.2) is 18.2 Å². The number of nitrogens with one attached hydrogen (secondary N) is 1. The summed E-state index contributed by atoms with van der Waals surface area (Å²) in [5.41, 5.74) is 2.05. The Morgan fingerprint density at radius 1 is 1.39 bits per heavy atom. The molecule has 0 spiro atoms. The first-order chi connectivity index (χ1) is 11.1. The second-order valence-corrected chi connectivity index (χ2v) is 8.12. The van der Waals surface area contributed by atoms with Crippen LogP contribution in [-0.2, 0) is 6.42 Å².